The van der Waals surface area contributed by atoms with Gasteiger partial charge in [-0.25, -0.2) is 0 Å². The largest absolute Gasteiger partial charge is 0.500 e. The van der Waals surface area contributed by atoms with Crippen LogP contribution in [0.5, 0.6) is 0 Å². The predicted molar refractivity (Wildman–Crippen MR) is 135 cm³/mol. The quantitative estimate of drug-likeness (QED) is 0.104. The van der Waals surface area contributed by atoms with E-state index in [4.69, 9.17) is 46.4 Å². The Labute approximate surface area is 218 Å². The number of ether oxygens (including phenoxy) is 7. The van der Waals surface area contributed by atoms with E-state index in [9.17, 15) is 5.11 Å². The number of rotatable bonds is 25. The number of hydrogen-bond donors (Lipinski definition) is 1. The third-order valence-corrected chi connectivity index (χ3v) is 8.86. The highest BCUT2D eigenvalue weighted by molar-refractivity contribution is 6.60. The number of aliphatic hydroxyl groups is 1. The van der Waals surface area contributed by atoms with Crippen LogP contribution in [0.3, 0.4) is 0 Å². The summed E-state index contributed by atoms with van der Waals surface area (Å²) < 4.78 is 55.3. The van der Waals surface area contributed by atoms with Crippen molar-refractivity contribution in [2.45, 2.75) is 43.9 Å². The van der Waals surface area contributed by atoms with Gasteiger partial charge in [-0.2, -0.15) is 0 Å². The van der Waals surface area contributed by atoms with E-state index >= 15 is 0 Å². The Morgan fingerprint density at radius 2 is 1.08 bits per heavy atom. The molecule has 0 bridgehead atoms. The minimum absolute atomic E-state index is 0.366. The van der Waals surface area contributed by atoms with Gasteiger partial charge in [0, 0.05) is 47.3 Å². The zero-order valence-corrected chi connectivity index (χ0v) is 23.8. The average molecular weight is 543 g/mol. The summed E-state index contributed by atoms with van der Waals surface area (Å²) in [5.74, 6) is -0.639. The van der Waals surface area contributed by atoms with Crippen molar-refractivity contribution in [1.29, 1.82) is 0 Å². The predicted octanol–water partition coefficient (Wildman–Crippen LogP) is 1.88. The van der Waals surface area contributed by atoms with Crippen molar-refractivity contribution in [3.63, 3.8) is 0 Å². The Morgan fingerprint density at radius 1 is 0.639 bits per heavy atom. The molecule has 1 fully saturated rings. The molecule has 0 aliphatic heterocycles. The molecule has 0 amide bonds. The lowest BCUT2D eigenvalue weighted by atomic mass is 9.84. The van der Waals surface area contributed by atoms with E-state index in [1.54, 1.807) is 28.4 Å². The summed E-state index contributed by atoms with van der Waals surface area (Å²) in [5, 5.41) is 10.8. The van der Waals surface area contributed by atoms with Gasteiger partial charge in [0.2, 0.25) is 0 Å². The van der Waals surface area contributed by atoms with Gasteiger partial charge in [-0.05, 0) is 25.2 Å². The van der Waals surface area contributed by atoms with Gasteiger partial charge in [0.25, 0.3) is 0 Å². The van der Waals surface area contributed by atoms with Crippen molar-refractivity contribution in [1.82, 2.24) is 0 Å². The Hall–Kier alpha value is -0.223. The zero-order valence-electron chi connectivity index (χ0n) is 22.8. The summed E-state index contributed by atoms with van der Waals surface area (Å²) in [5.41, 5.74) is 0. The first-order valence-corrected chi connectivity index (χ1v) is 14.9. The standard InChI is InChI=1S/C24H50O11Si/c1-26-10-13-30-16-19-33-24(25)8-5-23(6-9-24)7-22-36(29-4,34-20-17-31-14-11-27-2)35-21-18-32-15-12-28-3/h23,25H,5-22H2,1-4H3. The van der Waals surface area contributed by atoms with E-state index in [2.05, 4.69) is 0 Å². The Bertz CT molecular complexity index is 477. The van der Waals surface area contributed by atoms with Crippen LogP contribution in [0.1, 0.15) is 32.1 Å². The van der Waals surface area contributed by atoms with Crippen LogP contribution in [0, 0.1) is 5.92 Å². The van der Waals surface area contributed by atoms with E-state index in [1.807, 2.05) is 0 Å². The van der Waals surface area contributed by atoms with Crippen LogP contribution in [0.4, 0.5) is 0 Å². The van der Waals surface area contributed by atoms with Crippen molar-refractivity contribution >= 4 is 8.80 Å². The second kappa shape index (κ2) is 21.7. The SMILES string of the molecule is COCCOCCOC1(O)CCC(CC[Si](OC)(OCCOCCOC)OCCOCCOC)CC1. The molecule has 0 aromatic heterocycles. The Morgan fingerprint density at radius 3 is 1.53 bits per heavy atom. The smallest absolute Gasteiger partial charge is 0.382 e. The molecule has 1 saturated carbocycles. The van der Waals surface area contributed by atoms with E-state index < -0.39 is 14.6 Å². The van der Waals surface area contributed by atoms with Crippen molar-refractivity contribution in [3.05, 3.63) is 0 Å². The molecule has 1 aliphatic carbocycles. The molecule has 1 rings (SSSR count). The molecule has 216 valence electrons. The molecule has 1 N–H and O–H groups in total. The second-order valence-corrected chi connectivity index (χ2v) is 11.5. The fraction of sp³-hybridized carbons (Fsp3) is 1.00. The Kier molecular flexibility index (Phi) is 20.4. The van der Waals surface area contributed by atoms with Crippen LogP contribution in [0.25, 0.3) is 0 Å². The first-order valence-electron chi connectivity index (χ1n) is 12.9. The maximum atomic E-state index is 10.8. The van der Waals surface area contributed by atoms with Gasteiger partial charge in [-0.1, -0.05) is 0 Å². The van der Waals surface area contributed by atoms with Gasteiger partial charge in [0.15, 0.2) is 5.79 Å². The van der Waals surface area contributed by atoms with Crippen LogP contribution < -0.4 is 0 Å². The summed E-state index contributed by atoms with van der Waals surface area (Å²) in [4.78, 5) is 0. The van der Waals surface area contributed by atoms with E-state index in [0.717, 1.165) is 19.3 Å². The van der Waals surface area contributed by atoms with Crippen molar-refractivity contribution in [2.75, 3.05) is 108 Å². The molecule has 0 heterocycles. The monoisotopic (exact) mass is 542 g/mol. The number of methoxy groups -OCH3 is 3. The lowest BCUT2D eigenvalue weighted by Gasteiger charge is -2.37. The molecular weight excluding hydrogens is 492 g/mol. The van der Waals surface area contributed by atoms with Crippen molar-refractivity contribution in [2.24, 2.45) is 5.92 Å². The van der Waals surface area contributed by atoms with E-state index in [1.165, 1.54) is 0 Å². The lowest BCUT2D eigenvalue weighted by molar-refractivity contribution is -0.230. The first kappa shape index (κ1) is 33.8. The minimum Gasteiger partial charge on any atom is -0.382 e. The normalized spacial score (nSPS) is 20.8. The van der Waals surface area contributed by atoms with Gasteiger partial charge in [0.1, 0.15) is 0 Å². The van der Waals surface area contributed by atoms with Crippen molar-refractivity contribution < 1.29 is 51.5 Å². The average Bonchev–Trinajstić information content (AvgIpc) is 2.89. The molecule has 12 heteroatoms. The molecule has 0 spiro atoms. The topological polar surface area (TPSA) is 113 Å². The van der Waals surface area contributed by atoms with Gasteiger partial charge in [-0.3, -0.25) is 0 Å². The van der Waals surface area contributed by atoms with E-state index in [0.29, 0.717) is 104 Å². The molecule has 0 atom stereocenters. The highest BCUT2D eigenvalue weighted by Crippen LogP contribution is 2.36. The highest BCUT2D eigenvalue weighted by Gasteiger charge is 2.42. The second-order valence-electron chi connectivity index (χ2n) is 8.68. The van der Waals surface area contributed by atoms with E-state index in [-0.39, 0.29) is 0 Å². The molecule has 0 aromatic rings. The van der Waals surface area contributed by atoms with Gasteiger partial charge < -0.3 is 51.5 Å². The zero-order chi connectivity index (χ0) is 26.4. The maximum absolute atomic E-state index is 10.8. The molecule has 0 saturated heterocycles. The summed E-state index contributed by atoms with van der Waals surface area (Å²) >= 11 is 0. The summed E-state index contributed by atoms with van der Waals surface area (Å²) in [6.45, 7) is 5.66. The van der Waals surface area contributed by atoms with Crippen molar-refractivity contribution in [3.8, 4) is 0 Å². The molecule has 11 nitrogen and oxygen atoms in total. The first-order chi connectivity index (χ1) is 17.5. The van der Waals surface area contributed by atoms with Crippen LogP contribution in [0.15, 0.2) is 0 Å². The number of hydrogen-bond acceptors (Lipinski definition) is 11. The van der Waals surface area contributed by atoms with Gasteiger partial charge >= 0.3 is 8.80 Å². The summed E-state index contributed by atoms with van der Waals surface area (Å²) in [6.07, 6.45) is 3.83. The molecule has 0 radical (unpaired) electrons. The molecular formula is C24H50O11Si. The molecule has 36 heavy (non-hydrogen) atoms. The molecule has 0 unspecified atom stereocenters. The molecule has 0 aromatic carbocycles. The fourth-order valence-corrected chi connectivity index (χ4v) is 6.25. The summed E-state index contributed by atoms with van der Waals surface area (Å²) in [7, 11) is 3.66. The van der Waals surface area contributed by atoms with Crippen LogP contribution in [-0.4, -0.2) is 127 Å². The lowest BCUT2D eigenvalue weighted by Crippen LogP contribution is -2.47. The highest BCUT2D eigenvalue weighted by atomic mass is 28.4. The maximum Gasteiger partial charge on any atom is 0.500 e. The van der Waals surface area contributed by atoms with Gasteiger partial charge in [0.05, 0.1) is 79.3 Å². The van der Waals surface area contributed by atoms with Crippen LogP contribution in [-0.2, 0) is 46.4 Å². The minimum atomic E-state index is -2.91. The van der Waals surface area contributed by atoms with Crippen LogP contribution >= 0.6 is 0 Å². The van der Waals surface area contributed by atoms with Gasteiger partial charge in [-0.15, -0.1) is 0 Å². The van der Waals surface area contributed by atoms with Crippen LogP contribution in [0.2, 0.25) is 6.04 Å². The molecule has 1 aliphatic rings. The third-order valence-electron chi connectivity index (χ3n) is 6.05. The third kappa shape index (κ3) is 15.9. The fourth-order valence-electron chi connectivity index (χ4n) is 3.88. The Balaban J connectivity index is 2.44. The summed E-state index contributed by atoms with van der Waals surface area (Å²) in [6, 6.07) is 0.691.